The van der Waals surface area contributed by atoms with Crippen LogP contribution in [0.3, 0.4) is 0 Å². The Bertz CT molecular complexity index is 440. The average molecular weight is 306 g/mol. The van der Waals surface area contributed by atoms with Crippen LogP contribution in [0.15, 0.2) is 17.5 Å². The Morgan fingerprint density at radius 1 is 1.14 bits per heavy atom. The molecule has 0 aliphatic carbocycles. The van der Waals surface area contributed by atoms with Crippen molar-refractivity contribution in [2.45, 2.75) is 51.0 Å². The monoisotopic (exact) mass is 306 g/mol. The molecule has 2 aliphatic rings. The van der Waals surface area contributed by atoms with Gasteiger partial charge in [-0.25, -0.2) is 0 Å². The Kier molecular flexibility index (Phi) is 5.31. The van der Waals surface area contributed by atoms with Gasteiger partial charge in [0.05, 0.1) is 4.88 Å². The highest BCUT2D eigenvalue weighted by molar-refractivity contribution is 7.12. The summed E-state index contributed by atoms with van der Waals surface area (Å²) in [5.74, 6) is 0.258. The third-order valence-electron chi connectivity index (χ3n) is 4.85. The van der Waals surface area contributed by atoms with Crippen molar-refractivity contribution in [3.63, 3.8) is 0 Å². The van der Waals surface area contributed by atoms with E-state index in [9.17, 15) is 4.79 Å². The summed E-state index contributed by atoms with van der Waals surface area (Å²) in [5, 5.41) is 2.00. The number of hydrogen-bond donors (Lipinski definition) is 0. The predicted octanol–water partition coefficient (Wildman–Crippen LogP) is 3.62. The number of amides is 1. The van der Waals surface area contributed by atoms with E-state index in [0.717, 1.165) is 24.3 Å². The minimum atomic E-state index is 0.258. The highest BCUT2D eigenvalue weighted by atomic mass is 32.1. The molecule has 3 rings (SSSR count). The molecule has 1 amide bonds. The van der Waals surface area contributed by atoms with Crippen molar-refractivity contribution < 1.29 is 4.79 Å². The summed E-state index contributed by atoms with van der Waals surface area (Å²) in [6, 6.07) is 4.39. The highest BCUT2D eigenvalue weighted by Gasteiger charge is 2.28. The van der Waals surface area contributed by atoms with Gasteiger partial charge in [-0.1, -0.05) is 12.5 Å². The standard InChI is InChI=1S/C17H26N2OS/c20-17(16-8-6-14-21-16)19-12-5-2-7-15(19)9-13-18-10-3-1-4-11-18/h6,8,14-15H,1-5,7,9-13H2/t15-/m1/s1. The summed E-state index contributed by atoms with van der Waals surface area (Å²) in [6.45, 7) is 4.62. The summed E-state index contributed by atoms with van der Waals surface area (Å²) in [5.41, 5.74) is 0. The van der Waals surface area contributed by atoms with Crippen LogP contribution >= 0.6 is 11.3 Å². The summed E-state index contributed by atoms with van der Waals surface area (Å²) < 4.78 is 0. The van der Waals surface area contributed by atoms with Crippen molar-refractivity contribution in [3.05, 3.63) is 22.4 Å². The Hall–Kier alpha value is -0.870. The number of piperidine rings is 2. The molecule has 3 nitrogen and oxygen atoms in total. The zero-order chi connectivity index (χ0) is 14.5. The van der Waals surface area contributed by atoms with E-state index in [-0.39, 0.29) is 5.91 Å². The lowest BCUT2D eigenvalue weighted by Gasteiger charge is -2.37. The predicted molar refractivity (Wildman–Crippen MR) is 87.9 cm³/mol. The number of thiophene rings is 1. The van der Waals surface area contributed by atoms with E-state index < -0.39 is 0 Å². The van der Waals surface area contributed by atoms with E-state index >= 15 is 0 Å². The molecule has 0 saturated carbocycles. The fourth-order valence-corrected chi connectivity index (χ4v) is 4.30. The topological polar surface area (TPSA) is 23.6 Å². The van der Waals surface area contributed by atoms with E-state index in [1.165, 1.54) is 51.7 Å². The van der Waals surface area contributed by atoms with Gasteiger partial charge in [-0.2, -0.15) is 0 Å². The lowest BCUT2D eigenvalue weighted by atomic mass is 9.98. The SMILES string of the molecule is O=C(c1cccs1)N1CCCC[C@@H]1CCN1CCCCC1. The fourth-order valence-electron chi connectivity index (χ4n) is 3.62. The van der Waals surface area contributed by atoms with Crippen LogP contribution in [0.1, 0.15) is 54.6 Å². The lowest BCUT2D eigenvalue weighted by Crippen LogP contribution is -2.45. The molecule has 2 saturated heterocycles. The molecule has 0 radical (unpaired) electrons. The Morgan fingerprint density at radius 3 is 2.71 bits per heavy atom. The molecule has 21 heavy (non-hydrogen) atoms. The highest BCUT2D eigenvalue weighted by Crippen LogP contribution is 2.24. The summed E-state index contributed by atoms with van der Waals surface area (Å²) in [7, 11) is 0. The van der Waals surface area contributed by atoms with Gasteiger partial charge < -0.3 is 9.80 Å². The zero-order valence-electron chi connectivity index (χ0n) is 12.8. The molecule has 4 heteroatoms. The van der Waals surface area contributed by atoms with Gasteiger partial charge in [0.15, 0.2) is 0 Å². The minimum absolute atomic E-state index is 0.258. The number of hydrogen-bond acceptors (Lipinski definition) is 3. The number of carbonyl (C=O) groups is 1. The van der Waals surface area contributed by atoms with Crippen molar-refractivity contribution in [3.8, 4) is 0 Å². The molecule has 2 aliphatic heterocycles. The summed E-state index contributed by atoms with van der Waals surface area (Å²) in [4.78, 5) is 18.3. The first-order valence-corrected chi connectivity index (χ1v) is 9.29. The molecule has 0 N–H and O–H groups in total. The van der Waals surface area contributed by atoms with E-state index in [0.29, 0.717) is 6.04 Å². The fraction of sp³-hybridized carbons (Fsp3) is 0.706. The van der Waals surface area contributed by atoms with Gasteiger partial charge in [-0.05, 0) is 63.1 Å². The van der Waals surface area contributed by atoms with Crippen LogP contribution in [0.5, 0.6) is 0 Å². The molecule has 0 aromatic carbocycles. The van der Waals surface area contributed by atoms with Gasteiger partial charge in [0.25, 0.3) is 5.91 Å². The first kappa shape index (κ1) is 15.0. The van der Waals surface area contributed by atoms with Gasteiger partial charge in [0.2, 0.25) is 0 Å². The van der Waals surface area contributed by atoms with Crippen LogP contribution in [-0.4, -0.2) is 47.9 Å². The lowest BCUT2D eigenvalue weighted by molar-refractivity contribution is 0.0584. The van der Waals surface area contributed by atoms with Crippen LogP contribution in [-0.2, 0) is 0 Å². The quantitative estimate of drug-likeness (QED) is 0.848. The number of nitrogens with zero attached hydrogens (tertiary/aromatic N) is 2. The Balaban J connectivity index is 1.57. The van der Waals surface area contributed by atoms with Crippen LogP contribution < -0.4 is 0 Å². The largest absolute Gasteiger partial charge is 0.335 e. The molecule has 1 aromatic rings. The molecular formula is C17H26N2OS. The van der Waals surface area contributed by atoms with Crippen molar-refractivity contribution in [1.29, 1.82) is 0 Å². The molecular weight excluding hydrogens is 280 g/mol. The molecule has 116 valence electrons. The third kappa shape index (κ3) is 3.86. The summed E-state index contributed by atoms with van der Waals surface area (Å²) >= 11 is 1.57. The minimum Gasteiger partial charge on any atom is -0.335 e. The summed E-state index contributed by atoms with van der Waals surface area (Å²) in [6.07, 6.45) is 8.87. The second-order valence-electron chi connectivity index (χ2n) is 6.32. The normalized spacial score (nSPS) is 24.2. The van der Waals surface area contributed by atoms with E-state index in [1.807, 2.05) is 17.5 Å². The van der Waals surface area contributed by atoms with Crippen LogP contribution in [0.2, 0.25) is 0 Å². The molecule has 3 heterocycles. The first-order valence-electron chi connectivity index (χ1n) is 8.41. The third-order valence-corrected chi connectivity index (χ3v) is 5.71. The van der Waals surface area contributed by atoms with Gasteiger partial charge >= 0.3 is 0 Å². The van der Waals surface area contributed by atoms with Gasteiger partial charge in [0, 0.05) is 19.1 Å². The number of carbonyl (C=O) groups excluding carboxylic acids is 1. The first-order chi connectivity index (χ1) is 10.3. The van der Waals surface area contributed by atoms with Crippen LogP contribution in [0, 0.1) is 0 Å². The molecule has 0 spiro atoms. The Morgan fingerprint density at radius 2 is 1.95 bits per heavy atom. The van der Waals surface area contributed by atoms with Crippen molar-refractivity contribution in [2.24, 2.45) is 0 Å². The number of rotatable bonds is 4. The maximum atomic E-state index is 12.6. The second kappa shape index (κ2) is 7.41. The molecule has 1 atom stereocenters. The van der Waals surface area contributed by atoms with Crippen LogP contribution in [0.4, 0.5) is 0 Å². The maximum Gasteiger partial charge on any atom is 0.264 e. The molecule has 0 bridgehead atoms. The van der Waals surface area contributed by atoms with Crippen molar-refractivity contribution in [1.82, 2.24) is 9.80 Å². The molecule has 2 fully saturated rings. The van der Waals surface area contributed by atoms with E-state index in [1.54, 1.807) is 11.3 Å². The van der Waals surface area contributed by atoms with E-state index in [2.05, 4.69) is 9.80 Å². The van der Waals surface area contributed by atoms with Crippen molar-refractivity contribution in [2.75, 3.05) is 26.2 Å². The molecule has 1 aromatic heterocycles. The number of likely N-dealkylation sites (tertiary alicyclic amines) is 2. The maximum absolute atomic E-state index is 12.6. The van der Waals surface area contributed by atoms with Gasteiger partial charge in [-0.3, -0.25) is 4.79 Å². The second-order valence-corrected chi connectivity index (χ2v) is 7.26. The van der Waals surface area contributed by atoms with Gasteiger partial charge in [0.1, 0.15) is 0 Å². The average Bonchev–Trinajstić information content (AvgIpc) is 3.08. The van der Waals surface area contributed by atoms with E-state index in [4.69, 9.17) is 0 Å². The van der Waals surface area contributed by atoms with Crippen molar-refractivity contribution >= 4 is 17.2 Å². The molecule has 0 unspecified atom stereocenters. The van der Waals surface area contributed by atoms with Crippen LogP contribution in [0.25, 0.3) is 0 Å². The van der Waals surface area contributed by atoms with Gasteiger partial charge in [-0.15, -0.1) is 11.3 Å². The smallest absolute Gasteiger partial charge is 0.264 e. The Labute approximate surface area is 131 Å². The zero-order valence-corrected chi connectivity index (χ0v) is 13.6.